The van der Waals surface area contributed by atoms with Crippen LogP contribution in [0.15, 0.2) is 4.99 Å². The lowest BCUT2D eigenvalue weighted by Gasteiger charge is -2.19. The first-order valence-electron chi connectivity index (χ1n) is 5.52. The Morgan fingerprint density at radius 2 is 2.27 bits per heavy atom. The van der Waals surface area contributed by atoms with Gasteiger partial charge >= 0.3 is 0 Å². The van der Waals surface area contributed by atoms with Crippen LogP contribution in [-0.4, -0.2) is 35.7 Å². The second kappa shape index (κ2) is 4.72. The fourth-order valence-electron chi connectivity index (χ4n) is 2.11. The number of aliphatic hydroxyl groups is 1. The first-order valence-corrected chi connectivity index (χ1v) is 5.52. The van der Waals surface area contributed by atoms with Crippen LogP contribution in [-0.2, 0) is 4.79 Å². The van der Waals surface area contributed by atoms with E-state index in [4.69, 9.17) is 0 Å². The average molecular weight is 211 g/mol. The second-order valence-electron chi connectivity index (χ2n) is 4.21. The van der Waals surface area contributed by atoms with Crippen LogP contribution >= 0.6 is 0 Å². The van der Waals surface area contributed by atoms with Crippen molar-refractivity contribution < 1.29 is 9.90 Å². The minimum Gasteiger partial charge on any atom is -0.393 e. The number of hydrogen-bond acceptors (Lipinski definition) is 4. The standard InChI is InChI=1S/C10H17N3O2/c14-8-3-1-2-7(4-5-8)12-10-11-6-9(15)13-10/h6-8,10,12,14H,1-5H2,(H,13,15)/t7-,8-,10?/m0/s1. The summed E-state index contributed by atoms with van der Waals surface area (Å²) in [5.74, 6) is -0.138. The molecule has 1 saturated carbocycles. The molecule has 1 unspecified atom stereocenters. The summed E-state index contributed by atoms with van der Waals surface area (Å²) < 4.78 is 0. The van der Waals surface area contributed by atoms with E-state index < -0.39 is 0 Å². The van der Waals surface area contributed by atoms with Crippen molar-refractivity contribution in [3.8, 4) is 0 Å². The Labute approximate surface area is 89.0 Å². The number of rotatable bonds is 2. The van der Waals surface area contributed by atoms with Crippen LogP contribution < -0.4 is 10.6 Å². The molecule has 0 aromatic carbocycles. The zero-order valence-electron chi connectivity index (χ0n) is 8.65. The summed E-state index contributed by atoms with van der Waals surface area (Å²) in [6.07, 6.45) is 5.63. The first kappa shape index (κ1) is 10.6. The summed E-state index contributed by atoms with van der Waals surface area (Å²) in [6, 6.07) is 0.350. The molecule has 5 nitrogen and oxygen atoms in total. The maximum Gasteiger partial charge on any atom is 0.264 e. The molecule has 2 rings (SSSR count). The summed E-state index contributed by atoms with van der Waals surface area (Å²) in [6.45, 7) is 0. The maximum absolute atomic E-state index is 10.9. The van der Waals surface area contributed by atoms with Gasteiger partial charge in [-0.3, -0.25) is 10.1 Å². The van der Waals surface area contributed by atoms with Gasteiger partial charge in [0.15, 0.2) is 6.29 Å². The van der Waals surface area contributed by atoms with Crippen LogP contribution in [0, 0.1) is 0 Å². The minimum atomic E-state index is -0.266. The van der Waals surface area contributed by atoms with E-state index >= 15 is 0 Å². The molecule has 1 fully saturated rings. The average Bonchev–Trinajstić information content (AvgIpc) is 2.48. The van der Waals surface area contributed by atoms with Gasteiger partial charge in [-0.1, -0.05) is 0 Å². The molecule has 2 aliphatic rings. The maximum atomic E-state index is 10.9. The third-order valence-corrected chi connectivity index (χ3v) is 2.95. The Balaban J connectivity index is 1.79. The SMILES string of the molecule is O=C1C=NC(N[C@H]2CCC[C@H](O)CC2)N1. The number of nitrogens with one attached hydrogen (secondary N) is 2. The molecule has 0 saturated heterocycles. The highest BCUT2D eigenvalue weighted by Gasteiger charge is 2.22. The van der Waals surface area contributed by atoms with Crippen molar-refractivity contribution in [1.82, 2.24) is 10.6 Å². The predicted octanol–water partition coefficient (Wildman–Crippen LogP) is -0.246. The number of aliphatic hydroxyl groups excluding tert-OH is 1. The van der Waals surface area contributed by atoms with E-state index in [1.54, 1.807) is 0 Å². The molecule has 1 heterocycles. The van der Waals surface area contributed by atoms with E-state index in [0.29, 0.717) is 6.04 Å². The molecule has 5 heteroatoms. The first-order chi connectivity index (χ1) is 7.24. The highest BCUT2D eigenvalue weighted by Crippen LogP contribution is 2.18. The fraction of sp³-hybridized carbons (Fsp3) is 0.800. The van der Waals surface area contributed by atoms with Gasteiger partial charge in [0.2, 0.25) is 0 Å². The van der Waals surface area contributed by atoms with Crippen molar-refractivity contribution >= 4 is 12.1 Å². The van der Waals surface area contributed by atoms with E-state index in [1.807, 2.05) is 0 Å². The van der Waals surface area contributed by atoms with Crippen molar-refractivity contribution in [2.45, 2.75) is 50.5 Å². The Kier molecular flexibility index (Phi) is 3.33. The van der Waals surface area contributed by atoms with Gasteiger partial charge in [-0.25, -0.2) is 4.99 Å². The zero-order valence-corrected chi connectivity index (χ0v) is 8.65. The van der Waals surface area contributed by atoms with Gasteiger partial charge in [0.1, 0.15) is 0 Å². The Morgan fingerprint density at radius 1 is 1.40 bits per heavy atom. The third kappa shape index (κ3) is 3.00. The lowest BCUT2D eigenvalue weighted by Crippen LogP contribution is -2.45. The van der Waals surface area contributed by atoms with E-state index in [1.165, 1.54) is 6.21 Å². The number of hydrogen-bond donors (Lipinski definition) is 3. The van der Waals surface area contributed by atoms with Crippen molar-refractivity contribution in [3.05, 3.63) is 0 Å². The van der Waals surface area contributed by atoms with Crippen molar-refractivity contribution in [3.63, 3.8) is 0 Å². The fourth-order valence-corrected chi connectivity index (χ4v) is 2.11. The van der Waals surface area contributed by atoms with Gasteiger partial charge in [0.25, 0.3) is 5.91 Å². The normalized spacial score (nSPS) is 36.3. The quantitative estimate of drug-likeness (QED) is 0.552. The van der Waals surface area contributed by atoms with Crippen LogP contribution in [0.2, 0.25) is 0 Å². The van der Waals surface area contributed by atoms with E-state index in [0.717, 1.165) is 32.1 Å². The van der Waals surface area contributed by atoms with E-state index in [-0.39, 0.29) is 18.3 Å². The van der Waals surface area contributed by atoms with Crippen molar-refractivity contribution in [1.29, 1.82) is 0 Å². The molecule has 3 N–H and O–H groups in total. The lowest BCUT2D eigenvalue weighted by molar-refractivity contribution is -0.114. The number of nitrogens with zero attached hydrogens (tertiary/aromatic N) is 1. The van der Waals surface area contributed by atoms with Crippen LogP contribution in [0.1, 0.15) is 32.1 Å². The van der Waals surface area contributed by atoms with Gasteiger partial charge in [0.05, 0.1) is 12.3 Å². The molecule has 84 valence electrons. The summed E-state index contributed by atoms with van der Waals surface area (Å²) in [5, 5.41) is 15.4. The zero-order chi connectivity index (χ0) is 10.7. The highest BCUT2D eigenvalue weighted by molar-refractivity contribution is 6.27. The number of aliphatic imine (C=N–C) groups is 1. The van der Waals surface area contributed by atoms with Gasteiger partial charge in [-0.15, -0.1) is 0 Å². The molecule has 0 bridgehead atoms. The minimum absolute atomic E-state index is 0.138. The molecular formula is C10H17N3O2. The number of amides is 1. The van der Waals surface area contributed by atoms with Crippen molar-refractivity contribution in [2.24, 2.45) is 4.99 Å². The number of carbonyl (C=O) groups is 1. The Hall–Kier alpha value is -0.940. The molecule has 0 spiro atoms. The molecule has 15 heavy (non-hydrogen) atoms. The molecule has 1 aliphatic carbocycles. The van der Waals surface area contributed by atoms with Crippen molar-refractivity contribution in [2.75, 3.05) is 0 Å². The Morgan fingerprint density at radius 3 is 3.00 bits per heavy atom. The van der Waals surface area contributed by atoms with Gasteiger partial charge < -0.3 is 10.4 Å². The molecule has 0 aromatic heterocycles. The molecular weight excluding hydrogens is 194 g/mol. The van der Waals surface area contributed by atoms with Crippen LogP contribution in [0.3, 0.4) is 0 Å². The Bertz CT molecular complexity index is 267. The van der Waals surface area contributed by atoms with Crippen LogP contribution in [0.5, 0.6) is 0 Å². The molecule has 0 aromatic rings. The van der Waals surface area contributed by atoms with E-state index in [2.05, 4.69) is 15.6 Å². The summed E-state index contributed by atoms with van der Waals surface area (Å²) in [5.41, 5.74) is 0. The molecule has 1 amide bonds. The third-order valence-electron chi connectivity index (χ3n) is 2.95. The molecule has 1 aliphatic heterocycles. The molecule has 0 radical (unpaired) electrons. The lowest BCUT2D eigenvalue weighted by atomic mass is 10.1. The summed E-state index contributed by atoms with van der Waals surface area (Å²) in [7, 11) is 0. The topological polar surface area (TPSA) is 73.7 Å². The number of carbonyl (C=O) groups excluding carboxylic acids is 1. The predicted molar refractivity (Wildman–Crippen MR) is 56.4 cm³/mol. The summed E-state index contributed by atoms with van der Waals surface area (Å²) >= 11 is 0. The van der Waals surface area contributed by atoms with Crippen LogP contribution in [0.4, 0.5) is 0 Å². The van der Waals surface area contributed by atoms with Crippen LogP contribution in [0.25, 0.3) is 0 Å². The largest absolute Gasteiger partial charge is 0.393 e. The molecule has 3 atom stereocenters. The monoisotopic (exact) mass is 211 g/mol. The highest BCUT2D eigenvalue weighted by atomic mass is 16.3. The van der Waals surface area contributed by atoms with Gasteiger partial charge in [-0.2, -0.15) is 0 Å². The second-order valence-corrected chi connectivity index (χ2v) is 4.21. The van der Waals surface area contributed by atoms with Gasteiger partial charge in [-0.05, 0) is 32.1 Å². The summed E-state index contributed by atoms with van der Waals surface area (Å²) in [4.78, 5) is 14.9. The van der Waals surface area contributed by atoms with E-state index in [9.17, 15) is 9.90 Å². The van der Waals surface area contributed by atoms with Gasteiger partial charge in [0, 0.05) is 6.04 Å². The smallest absolute Gasteiger partial charge is 0.264 e.